The van der Waals surface area contributed by atoms with Gasteiger partial charge in [-0.3, -0.25) is 4.68 Å². The molecule has 0 radical (unpaired) electrons. The average molecular weight is 383 g/mol. The van der Waals surface area contributed by atoms with Crippen LogP contribution in [0.3, 0.4) is 0 Å². The first-order chi connectivity index (χ1) is 13.5. The van der Waals surface area contributed by atoms with Crippen LogP contribution in [0.4, 0.5) is 11.6 Å². The summed E-state index contributed by atoms with van der Waals surface area (Å²) in [7, 11) is 6.68. The summed E-state index contributed by atoms with van der Waals surface area (Å²) in [5.74, 6) is 4.07. The molecule has 148 valence electrons. The Bertz CT molecular complexity index is 959. The van der Waals surface area contributed by atoms with Crippen LogP contribution in [-0.2, 0) is 13.5 Å². The van der Waals surface area contributed by atoms with Crippen molar-refractivity contribution in [2.24, 2.45) is 7.05 Å². The second-order valence-electron chi connectivity index (χ2n) is 6.38. The second-order valence-corrected chi connectivity index (χ2v) is 6.38. The molecule has 3 rings (SSSR count). The number of ether oxygens (including phenoxy) is 3. The van der Waals surface area contributed by atoms with Gasteiger partial charge in [0.2, 0.25) is 5.75 Å². The third-order valence-electron chi connectivity index (χ3n) is 4.56. The van der Waals surface area contributed by atoms with Gasteiger partial charge in [-0.2, -0.15) is 5.10 Å². The van der Waals surface area contributed by atoms with Gasteiger partial charge in [0.25, 0.3) is 0 Å². The average Bonchev–Trinajstić information content (AvgIpc) is 2.93. The van der Waals surface area contributed by atoms with Crippen LogP contribution in [0.1, 0.15) is 22.6 Å². The summed E-state index contributed by atoms with van der Waals surface area (Å²) >= 11 is 0. The first-order valence-corrected chi connectivity index (χ1v) is 8.84. The van der Waals surface area contributed by atoms with Crippen molar-refractivity contribution in [2.75, 3.05) is 26.6 Å². The molecule has 0 aliphatic heterocycles. The van der Waals surface area contributed by atoms with Crippen LogP contribution in [0.5, 0.6) is 17.2 Å². The summed E-state index contributed by atoms with van der Waals surface area (Å²) in [4.78, 5) is 9.03. The predicted octanol–water partition coefficient (Wildman–Crippen LogP) is 3.19. The predicted molar refractivity (Wildman–Crippen MR) is 107 cm³/mol. The zero-order valence-corrected chi connectivity index (χ0v) is 17.0. The van der Waals surface area contributed by atoms with E-state index in [0.29, 0.717) is 35.3 Å². The monoisotopic (exact) mass is 383 g/mol. The van der Waals surface area contributed by atoms with Crippen LogP contribution in [0.15, 0.2) is 24.4 Å². The molecule has 8 nitrogen and oxygen atoms in total. The van der Waals surface area contributed by atoms with Crippen LogP contribution < -0.4 is 19.5 Å². The summed E-state index contributed by atoms with van der Waals surface area (Å²) in [6.45, 7) is 4.01. The van der Waals surface area contributed by atoms with Gasteiger partial charge in [0, 0.05) is 25.2 Å². The molecule has 1 aromatic carbocycles. The van der Waals surface area contributed by atoms with Crippen molar-refractivity contribution in [2.45, 2.75) is 20.3 Å². The lowest BCUT2D eigenvalue weighted by molar-refractivity contribution is 0.324. The van der Waals surface area contributed by atoms with Crippen molar-refractivity contribution in [1.29, 1.82) is 0 Å². The number of anilines is 2. The van der Waals surface area contributed by atoms with Gasteiger partial charge < -0.3 is 19.5 Å². The van der Waals surface area contributed by atoms with Crippen molar-refractivity contribution in [1.82, 2.24) is 19.7 Å². The van der Waals surface area contributed by atoms with Crippen LogP contribution in [0, 0.1) is 13.8 Å². The summed E-state index contributed by atoms with van der Waals surface area (Å²) in [5, 5.41) is 7.75. The summed E-state index contributed by atoms with van der Waals surface area (Å²) in [6, 6.07) is 5.64. The van der Waals surface area contributed by atoms with E-state index in [-0.39, 0.29) is 0 Å². The summed E-state index contributed by atoms with van der Waals surface area (Å²) in [5.41, 5.74) is 3.03. The molecule has 0 fully saturated rings. The quantitative estimate of drug-likeness (QED) is 0.671. The van der Waals surface area contributed by atoms with Gasteiger partial charge in [0.1, 0.15) is 17.5 Å². The summed E-state index contributed by atoms with van der Waals surface area (Å²) in [6.07, 6.45) is 2.26. The molecule has 2 aromatic heterocycles. The number of hydrogen-bond donors (Lipinski definition) is 1. The number of aryl methyl sites for hydroxylation is 2. The highest BCUT2D eigenvalue weighted by Gasteiger charge is 2.15. The van der Waals surface area contributed by atoms with E-state index < -0.39 is 0 Å². The number of aromatic nitrogens is 4. The maximum Gasteiger partial charge on any atom is 0.203 e. The fourth-order valence-corrected chi connectivity index (χ4v) is 3.03. The molecule has 1 N–H and O–H groups in total. The topological polar surface area (TPSA) is 83.3 Å². The largest absolute Gasteiger partial charge is 0.493 e. The van der Waals surface area contributed by atoms with E-state index >= 15 is 0 Å². The molecule has 0 aliphatic rings. The SMILES string of the molecule is COc1cc(Cc2nccc(Nc3c(C)c(C)nn3C)n2)cc(OC)c1OC. The Labute approximate surface area is 164 Å². The zero-order valence-electron chi connectivity index (χ0n) is 17.0. The van der Waals surface area contributed by atoms with Gasteiger partial charge in [-0.15, -0.1) is 0 Å². The van der Waals surface area contributed by atoms with E-state index in [1.54, 1.807) is 27.5 Å². The van der Waals surface area contributed by atoms with Crippen LogP contribution in [0.2, 0.25) is 0 Å². The van der Waals surface area contributed by atoms with Gasteiger partial charge in [-0.25, -0.2) is 9.97 Å². The molecule has 0 amide bonds. The molecule has 0 spiro atoms. The molecule has 0 atom stereocenters. The van der Waals surface area contributed by atoms with E-state index in [2.05, 4.69) is 20.4 Å². The van der Waals surface area contributed by atoms with Gasteiger partial charge in [0.15, 0.2) is 11.5 Å². The van der Waals surface area contributed by atoms with E-state index in [4.69, 9.17) is 14.2 Å². The van der Waals surface area contributed by atoms with E-state index in [1.807, 2.05) is 43.8 Å². The van der Waals surface area contributed by atoms with Gasteiger partial charge in [-0.1, -0.05) is 0 Å². The molecule has 0 unspecified atom stereocenters. The molecule has 0 saturated heterocycles. The van der Waals surface area contributed by atoms with E-state index in [0.717, 1.165) is 22.6 Å². The molecular weight excluding hydrogens is 358 g/mol. The lowest BCUT2D eigenvalue weighted by atomic mass is 10.1. The number of methoxy groups -OCH3 is 3. The van der Waals surface area contributed by atoms with Crippen molar-refractivity contribution >= 4 is 11.6 Å². The Balaban J connectivity index is 1.87. The maximum absolute atomic E-state index is 5.42. The number of benzene rings is 1. The summed E-state index contributed by atoms with van der Waals surface area (Å²) < 4.78 is 18.0. The maximum atomic E-state index is 5.42. The fourth-order valence-electron chi connectivity index (χ4n) is 3.03. The van der Waals surface area contributed by atoms with Crippen LogP contribution in [-0.4, -0.2) is 41.1 Å². The lowest BCUT2D eigenvalue weighted by Gasteiger charge is -2.14. The molecule has 0 bridgehead atoms. The molecule has 3 aromatic rings. The number of nitrogens with zero attached hydrogens (tertiary/aromatic N) is 4. The highest BCUT2D eigenvalue weighted by atomic mass is 16.5. The highest BCUT2D eigenvalue weighted by Crippen LogP contribution is 2.38. The Morgan fingerprint density at radius 1 is 1.04 bits per heavy atom. The van der Waals surface area contributed by atoms with E-state index in [1.165, 1.54) is 0 Å². The standard InChI is InChI=1S/C20H25N5O3/c1-12-13(2)24-25(3)20(12)23-17-7-8-21-18(22-17)11-14-9-15(26-4)19(28-6)16(10-14)27-5/h7-10H,11H2,1-6H3,(H,21,22,23). The minimum atomic E-state index is 0.523. The number of nitrogens with one attached hydrogen (secondary N) is 1. The molecule has 8 heteroatoms. The smallest absolute Gasteiger partial charge is 0.203 e. The Hall–Kier alpha value is -3.29. The number of hydrogen-bond acceptors (Lipinski definition) is 7. The minimum Gasteiger partial charge on any atom is -0.493 e. The third kappa shape index (κ3) is 3.85. The van der Waals surface area contributed by atoms with Crippen molar-refractivity contribution in [3.63, 3.8) is 0 Å². The molecule has 2 heterocycles. The van der Waals surface area contributed by atoms with Crippen molar-refractivity contribution in [3.8, 4) is 17.2 Å². The Kier molecular flexibility index (Phi) is 5.67. The Morgan fingerprint density at radius 2 is 1.71 bits per heavy atom. The molecular formula is C20H25N5O3. The first kappa shape index (κ1) is 19.5. The first-order valence-electron chi connectivity index (χ1n) is 8.84. The normalized spacial score (nSPS) is 10.6. The fraction of sp³-hybridized carbons (Fsp3) is 0.350. The van der Waals surface area contributed by atoms with Crippen LogP contribution in [0.25, 0.3) is 0 Å². The van der Waals surface area contributed by atoms with Crippen molar-refractivity contribution < 1.29 is 14.2 Å². The minimum absolute atomic E-state index is 0.523. The van der Waals surface area contributed by atoms with Gasteiger partial charge >= 0.3 is 0 Å². The lowest BCUT2D eigenvalue weighted by Crippen LogP contribution is -2.05. The second kappa shape index (κ2) is 8.16. The number of rotatable bonds is 7. The van der Waals surface area contributed by atoms with Crippen LogP contribution >= 0.6 is 0 Å². The molecule has 0 aliphatic carbocycles. The zero-order chi connectivity index (χ0) is 20.3. The van der Waals surface area contributed by atoms with Gasteiger partial charge in [-0.05, 0) is 37.6 Å². The molecule has 0 saturated carbocycles. The molecule has 28 heavy (non-hydrogen) atoms. The van der Waals surface area contributed by atoms with Crippen molar-refractivity contribution in [3.05, 3.63) is 47.0 Å². The van der Waals surface area contributed by atoms with E-state index in [9.17, 15) is 0 Å². The third-order valence-corrected chi connectivity index (χ3v) is 4.56. The Morgan fingerprint density at radius 3 is 2.25 bits per heavy atom. The van der Waals surface area contributed by atoms with Gasteiger partial charge in [0.05, 0.1) is 27.0 Å². The highest BCUT2D eigenvalue weighted by molar-refractivity contribution is 5.57.